The van der Waals surface area contributed by atoms with Crippen molar-refractivity contribution in [2.45, 2.75) is 6.54 Å². The van der Waals surface area contributed by atoms with Crippen LogP contribution in [0.5, 0.6) is 5.75 Å². The number of aryl methyl sites for hydroxylation is 1. The molecule has 0 aliphatic rings. The lowest BCUT2D eigenvalue weighted by atomic mass is 10.2. The summed E-state index contributed by atoms with van der Waals surface area (Å²) in [5.74, 6) is 0.910. The number of carbonyl (C=O) groups excluding carboxylic acids is 1. The Morgan fingerprint density at radius 3 is 2.92 bits per heavy atom. The van der Waals surface area contributed by atoms with E-state index in [1.807, 2.05) is 25.2 Å². The van der Waals surface area contributed by atoms with E-state index in [0.717, 1.165) is 17.1 Å². The lowest BCUT2D eigenvalue weighted by Gasteiger charge is -2.08. The first kappa shape index (κ1) is 16.1. The number of furan rings is 1. The fourth-order valence-corrected chi connectivity index (χ4v) is 2.56. The van der Waals surface area contributed by atoms with Crippen LogP contribution < -0.4 is 10.1 Å². The zero-order valence-electron chi connectivity index (χ0n) is 13.2. The standard InChI is InChI=1S/C17H16ClN3O3/c1-21-14(16-4-3-7-24-16)9-12(20-21)10-19-17(22)13-8-11(18)5-6-15(13)23-2/h3-9H,10H2,1-2H3,(H,19,22). The molecule has 24 heavy (non-hydrogen) atoms. The van der Waals surface area contributed by atoms with E-state index < -0.39 is 0 Å². The highest BCUT2D eigenvalue weighted by Crippen LogP contribution is 2.23. The molecule has 2 heterocycles. The molecule has 0 atom stereocenters. The third-order valence-corrected chi connectivity index (χ3v) is 3.78. The summed E-state index contributed by atoms with van der Waals surface area (Å²) < 4.78 is 12.3. The second-order valence-electron chi connectivity index (χ2n) is 5.15. The van der Waals surface area contributed by atoms with Crippen LogP contribution >= 0.6 is 11.6 Å². The first-order valence-corrected chi connectivity index (χ1v) is 7.65. The van der Waals surface area contributed by atoms with Crippen LogP contribution in [0.15, 0.2) is 47.1 Å². The number of methoxy groups -OCH3 is 1. The minimum atomic E-state index is -0.278. The molecule has 0 aliphatic heterocycles. The zero-order valence-corrected chi connectivity index (χ0v) is 14.0. The Morgan fingerprint density at radius 2 is 2.21 bits per heavy atom. The molecule has 3 rings (SSSR count). The average Bonchev–Trinajstić information content (AvgIpc) is 3.21. The van der Waals surface area contributed by atoms with E-state index in [1.54, 1.807) is 29.1 Å². The molecule has 0 saturated heterocycles. The van der Waals surface area contributed by atoms with Gasteiger partial charge in [-0.3, -0.25) is 9.48 Å². The summed E-state index contributed by atoms with van der Waals surface area (Å²) in [6, 6.07) is 10.4. The number of hydrogen-bond donors (Lipinski definition) is 1. The van der Waals surface area contributed by atoms with E-state index in [-0.39, 0.29) is 12.5 Å². The van der Waals surface area contributed by atoms with Gasteiger partial charge < -0.3 is 14.5 Å². The summed E-state index contributed by atoms with van der Waals surface area (Å²) in [5, 5.41) is 7.67. The second-order valence-corrected chi connectivity index (χ2v) is 5.59. The number of hydrogen-bond acceptors (Lipinski definition) is 4. The molecule has 0 unspecified atom stereocenters. The van der Waals surface area contributed by atoms with Gasteiger partial charge in [0.1, 0.15) is 11.4 Å². The van der Waals surface area contributed by atoms with Gasteiger partial charge >= 0.3 is 0 Å². The molecule has 3 aromatic rings. The smallest absolute Gasteiger partial charge is 0.255 e. The van der Waals surface area contributed by atoms with Gasteiger partial charge in [0, 0.05) is 12.1 Å². The molecule has 1 N–H and O–H groups in total. The van der Waals surface area contributed by atoms with Gasteiger partial charge in [-0.15, -0.1) is 0 Å². The van der Waals surface area contributed by atoms with E-state index in [2.05, 4.69) is 10.4 Å². The van der Waals surface area contributed by atoms with Crippen molar-refractivity contribution in [1.29, 1.82) is 0 Å². The molecule has 0 saturated carbocycles. The fraction of sp³-hybridized carbons (Fsp3) is 0.176. The number of aromatic nitrogens is 2. The molecule has 0 spiro atoms. The number of benzene rings is 1. The molecule has 6 nitrogen and oxygen atoms in total. The number of ether oxygens (including phenoxy) is 1. The Balaban J connectivity index is 1.73. The summed E-state index contributed by atoms with van der Waals surface area (Å²) in [5.41, 5.74) is 1.94. The van der Waals surface area contributed by atoms with Gasteiger partial charge in [0.05, 0.1) is 31.2 Å². The van der Waals surface area contributed by atoms with Gasteiger partial charge in [-0.05, 0) is 36.4 Å². The minimum absolute atomic E-state index is 0.278. The van der Waals surface area contributed by atoms with Crippen molar-refractivity contribution >= 4 is 17.5 Å². The third-order valence-electron chi connectivity index (χ3n) is 3.54. The van der Waals surface area contributed by atoms with Crippen LogP contribution in [0, 0.1) is 0 Å². The van der Waals surface area contributed by atoms with E-state index in [4.69, 9.17) is 20.8 Å². The van der Waals surface area contributed by atoms with Crippen molar-refractivity contribution in [3.05, 3.63) is 58.9 Å². The zero-order chi connectivity index (χ0) is 17.1. The van der Waals surface area contributed by atoms with Crippen molar-refractivity contribution in [3.63, 3.8) is 0 Å². The second kappa shape index (κ2) is 6.80. The van der Waals surface area contributed by atoms with Crippen LogP contribution in [0.25, 0.3) is 11.5 Å². The Labute approximate surface area is 144 Å². The molecule has 2 aromatic heterocycles. The SMILES string of the molecule is COc1ccc(Cl)cc1C(=O)NCc1cc(-c2ccco2)n(C)n1. The van der Waals surface area contributed by atoms with Crippen LogP contribution in [0.2, 0.25) is 5.02 Å². The number of nitrogens with zero attached hydrogens (tertiary/aromatic N) is 2. The lowest BCUT2D eigenvalue weighted by Crippen LogP contribution is -2.23. The Hall–Kier alpha value is -2.73. The predicted octanol–water partition coefficient (Wildman–Crippen LogP) is 3.27. The molecule has 0 bridgehead atoms. The molecule has 1 amide bonds. The molecule has 7 heteroatoms. The normalized spacial score (nSPS) is 10.6. The van der Waals surface area contributed by atoms with Crippen molar-refractivity contribution < 1.29 is 13.9 Å². The lowest BCUT2D eigenvalue weighted by molar-refractivity contribution is 0.0947. The molecule has 1 aromatic carbocycles. The Kier molecular flexibility index (Phi) is 4.57. The van der Waals surface area contributed by atoms with Gasteiger partial charge in [0.25, 0.3) is 5.91 Å². The van der Waals surface area contributed by atoms with Crippen LogP contribution in [0.3, 0.4) is 0 Å². The van der Waals surface area contributed by atoms with E-state index >= 15 is 0 Å². The predicted molar refractivity (Wildman–Crippen MR) is 90.1 cm³/mol. The van der Waals surface area contributed by atoms with Gasteiger partial charge in [-0.2, -0.15) is 5.10 Å². The maximum absolute atomic E-state index is 12.4. The quantitative estimate of drug-likeness (QED) is 0.770. The van der Waals surface area contributed by atoms with Crippen molar-refractivity contribution in [3.8, 4) is 17.2 Å². The summed E-state index contributed by atoms with van der Waals surface area (Å²) in [6.07, 6.45) is 1.61. The Morgan fingerprint density at radius 1 is 1.38 bits per heavy atom. The third kappa shape index (κ3) is 3.28. The molecule has 0 fully saturated rings. The van der Waals surface area contributed by atoms with Crippen molar-refractivity contribution in [1.82, 2.24) is 15.1 Å². The molecule has 0 aliphatic carbocycles. The number of halogens is 1. The summed E-state index contributed by atoms with van der Waals surface area (Å²) in [7, 11) is 3.33. The van der Waals surface area contributed by atoms with E-state index in [0.29, 0.717) is 16.3 Å². The van der Waals surface area contributed by atoms with Crippen molar-refractivity contribution in [2.24, 2.45) is 7.05 Å². The summed E-state index contributed by atoms with van der Waals surface area (Å²) in [6.45, 7) is 0.281. The van der Waals surface area contributed by atoms with Crippen LogP contribution in [-0.4, -0.2) is 22.8 Å². The minimum Gasteiger partial charge on any atom is -0.496 e. The van der Waals surface area contributed by atoms with Gasteiger partial charge in [0.15, 0.2) is 5.76 Å². The van der Waals surface area contributed by atoms with Crippen molar-refractivity contribution in [2.75, 3.05) is 7.11 Å². The highest BCUT2D eigenvalue weighted by Gasteiger charge is 2.14. The van der Waals surface area contributed by atoms with E-state index in [9.17, 15) is 4.79 Å². The van der Waals surface area contributed by atoms with Crippen LogP contribution in [0.1, 0.15) is 16.1 Å². The maximum atomic E-state index is 12.4. The first-order chi connectivity index (χ1) is 11.6. The van der Waals surface area contributed by atoms with Gasteiger partial charge in [-0.25, -0.2) is 0 Å². The average molecular weight is 346 g/mol. The number of carbonyl (C=O) groups is 1. The molecular formula is C17H16ClN3O3. The molecular weight excluding hydrogens is 330 g/mol. The highest BCUT2D eigenvalue weighted by molar-refractivity contribution is 6.31. The first-order valence-electron chi connectivity index (χ1n) is 7.27. The largest absolute Gasteiger partial charge is 0.496 e. The fourth-order valence-electron chi connectivity index (χ4n) is 2.39. The molecule has 0 radical (unpaired) electrons. The summed E-state index contributed by atoms with van der Waals surface area (Å²) >= 11 is 5.95. The van der Waals surface area contributed by atoms with E-state index in [1.165, 1.54) is 7.11 Å². The summed E-state index contributed by atoms with van der Waals surface area (Å²) in [4.78, 5) is 12.4. The number of rotatable bonds is 5. The Bertz CT molecular complexity index is 856. The van der Waals surface area contributed by atoms with Gasteiger partial charge in [-0.1, -0.05) is 11.6 Å². The van der Waals surface area contributed by atoms with Crippen LogP contribution in [0.4, 0.5) is 0 Å². The van der Waals surface area contributed by atoms with Gasteiger partial charge in [0.2, 0.25) is 0 Å². The number of amides is 1. The maximum Gasteiger partial charge on any atom is 0.255 e. The topological polar surface area (TPSA) is 69.3 Å². The highest BCUT2D eigenvalue weighted by atomic mass is 35.5. The molecule has 124 valence electrons. The monoisotopic (exact) mass is 345 g/mol. The van der Waals surface area contributed by atoms with Crippen LogP contribution in [-0.2, 0) is 13.6 Å². The number of nitrogens with one attached hydrogen (secondary N) is 1.